The molecule has 1 aromatic rings. The normalized spacial score (nSPS) is 38.7. The molecule has 0 N–H and O–H groups in total. The highest BCUT2D eigenvalue weighted by atomic mass is 16.5. The van der Waals surface area contributed by atoms with E-state index < -0.39 is 0 Å². The highest BCUT2D eigenvalue weighted by Gasteiger charge is 2.63. The molecular weight excluding hydrogens is 310 g/mol. The minimum Gasteiger partial charge on any atom is -0.493 e. The van der Waals surface area contributed by atoms with Gasteiger partial charge in [0.2, 0.25) is 0 Å². The van der Waals surface area contributed by atoms with Crippen LogP contribution in [0.3, 0.4) is 0 Å². The Morgan fingerprint density at radius 1 is 1.20 bits per heavy atom. The lowest BCUT2D eigenvalue weighted by Crippen LogP contribution is -2.64. The van der Waals surface area contributed by atoms with E-state index in [1.54, 1.807) is 18.2 Å². The summed E-state index contributed by atoms with van der Waals surface area (Å²) in [5, 5.41) is 0. The van der Waals surface area contributed by atoms with Crippen molar-refractivity contribution in [1.29, 1.82) is 0 Å². The Morgan fingerprint density at radius 3 is 2.88 bits per heavy atom. The number of hydrogen-bond acceptors (Lipinski definition) is 3. The molecule has 134 valence electrons. The molecular formula is C22H29NO2. The van der Waals surface area contributed by atoms with Crippen LogP contribution in [-0.2, 0) is 11.8 Å². The van der Waals surface area contributed by atoms with E-state index in [2.05, 4.69) is 17.0 Å². The van der Waals surface area contributed by atoms with E-state index >= 15 is 0 Å². The van der Waals surface area contributed by atoms with Crippen molar-refractivity contribution in [3.05, 3.63) is 23.3 Å². The number of benzene rings is 1. The zero-order valence-electron chi connectivity index (χ0n) is 15.3. The second-order valence-electron chi connectivity index (χ2n) is 9.13. The van der Waals surface area contributed by atoms with Gasteiger partial charge in [0, 0.05) is 23.6 Å². The fraction of sp³-hybridized carbons (Fsp3) is 0.727. The number of hydrogen-bond donors (Lipinski definition) is 0. The van der Waals surface area contributed by atoms with Gasteiger partial charge in [-0.1, -0.05) is 12.5 Å². The van der Waals surface area contributed by atoms with Crippen molar-refractivity contribution >= 4 is 0 Å². The average Bonchev–Trinajstić information content (AvgIpc) is 2.93. The van der Waals surface area contributed by atoms with Gasteiger partial charge in [-0.05, 0) is 75.0 Å². The molecule has 3 aliphatic carbocycles. The molecule has 1 aromatic carbocycles. The molecule has 1 saturated heterocycles. The highest BCUT2D eigenvalue weighted by Crippen LogP contribution is 2.63. The van der Waals surface area contributed by atoms with Crippen molar-refractivity contribution in [2.75, 3.05) is 20.2 Å². The van der Waals surface area contributed by atoms with Gasteiger partial charge in [0.15, 0.2) is 11.5 Å². The first kappa shape index (κ1) is 14.9. The Labute approximate surface area is 150 Å². The van der Waals surface area contributed by atoms with Gasteiger partial charge in [0.1, 0.15) is 6.10 Å². The standard InChI is InChI=1S/C22H29NO2/c1-24-18-9-8-15-12-17-16-6-3-7-19-22(16,20(15)21(18)25-19)10-11-23(17)13-14-4-2-5-14/h8-9,14,16-17,19H,2-7,10-13H2,1H3/t16?,17-,19+,22-/m1/s1. The van der Waals surface area contributed by atoms with Crippen molar-refractivity contribution in [2.24, 2.45) is 11.8 Å². The minimum atomic E-state index is 0.288. The summed E-state index contributed by atoms with van der Waals surface area (Å²) in [4.78, 5) is 2.88. The molecule has 0 radical (unpaired) electrons. The van der Waals surface area contributed by atoms with Crippen molar-refractivity contribution < 1.29 is 9.47 Å². The number of methoxy groups -OCH3 is 1. The van der Waals surface area contributed by atoms with Crippen LogP contribution in [0.1, 0.15) is 56.1 Å². The second kappa shape index (κ2) is 5.16. The minimum absolute atomic E-state index is 0.288. The van der Waals surface area contributed by atoms with E-state index in [-0.39, 0.29) is 5.41 Å². The van der Waals surface area contributed by atoms with Crippen LogP contribution in [0, 0.1) is 11.8 Å². The van der Waals surface area contributed by atoms with Crippen LogP contribution in [0.25, 0.3) is 0 Å². The van der Waals surface area contributed by atoms with Crippen molar-refractivity contribution in [1.82, 2.24) is 4.90 Å². The van der Waals surface area contributed by atoms with Gasteiger partial charge in [-0.25, -0.2) is 0 Å². The van der Waals surface area contributed by atoms with Crippen molar-refractivity contribution in [3.8, 4) is 11.5 Å². The van der Waals surface area contributed by atoms with E-state index in [0.29, 0.717) is 6.10 Å². The maximum Gasteiger partial charge on any atom is 0.165 e. The number of rotatable bonds is 3. The van der Waals surface area contributed by atoms with Gasteiger partial charge in [0.25, 0.3) is 0 Å². The summed E-state index contributed by atoms with van der Waals surface area (Å²) >= 11 is 0. The summed E-state index contributed by atoms with van der Waals surface area (Å²) in [5.74, 6) is 3.82. The summed E-state index contributed by atoms with van der Waals surface area (Å²) in [5.41, 5.74) is 3.40. The molecule has 1 unspecified atom stereocenters. The molecule has 2 heterocycles. The first-order chi connectivity index (χ1) is 12.3. The molecule has 3 nitrogen and oxygen atoms in total. The summed E-state index contributed by atoms with van der Waals surface area (Å²) < 4.78 is 12.3. The number of likely N-dealkylation sites (tertiary alicyclic amines) is 1. The number of piperidine rings is 1. The summed E-state index contributed by atoms with van der Waals surface area (Å²) in [6, 6.07) is 5.23. The average molecular weight is 339 g/mol. The van der Waals surface area contributed by atoms with Crippen molar-refractivity contribution in [2.45, 2.75) is 68.9 Å². The lowest BCUT2D eigenvalue weighted by molar-refractivity contribution is -0.0592. The van der Waals surface area contributed by atoms with Gasteiger partial charge in [-0.15, -0.1) is 0 Å². The molecule has 25 heavy (non-hydrogen) atoms. The van der Waals surface area contributed by atoms with Gasteiger partial charge < -0.3 is 9.47 Å². The predicted octanol–water partition coefficient (Wildman–Crippen LogP) is 3.92. The van der Waals surface area contributed by atoms with E-state index in [1.807, 2.05) is 0 Å². The van der Waals surface area contributed by atoms with Crippen LogP contribution in [-0.4, -0.2) is 37.2 Å². The molecule has 3 heteroatoms. The van der Waals surface area contributed by atoms with Gasteiger partial charge >= 0.3 is 0 Å². The van der Waals surface area contributed by atoms with E-state index in [1.165, 1.54) is 64.5 Å². The molecule has 0 aromatic heterocycles. The Bertz CT molecular complexity index is 712. The summed E-state index contributed by atoms with van der Waals surface area (Å²) in [6.07, 6.45) is 11.2. The first-order valence-corrected chi connectivity index (χ1v) is 10.4. The highest BCUT2D eigenvalue weighted by molar-refractivity contribution is 5.60. The van der Waals surface area contributed by atoms with Crippen molar-refractivity contribution in [3.63, 3.8) is 0 Å². The summed E-state index contributed by atoms with van der Waals surface area (Å²) in [7, 11) is 1.78. The fourth-order valence-electron chi connectivity index (χ4n) is 6.98. The molecule has 2 aliphatic heterocycles. The second-order valence-corrected chi connectivity index (χ2v) is 9.13. The molecule has 2 bridgehead atoms. The van der Waals surface area contributed by atoms with Crippen LogP contribution >= 0.6 is 0 Å². The molecule has 6 rings (SSSR count). The lowest BCUT2D eigenvalue weighted by atomic mass is 9.52. The number of nitrogens with zero attached hydrogens (tertiary/aromatic N) is 1. The Morgan fingerprint density at radius 2 is 2.08 bits per heavy atom. The van der Waals surface area contributed by atoms with Crippen LogP contribution in [0.15, 0.2) is 12.1 Å². The largest absolute Gasteiger partial charge is 0.493 e. The third-order valence-electron chi connectivity index (χ3n) is 8.26. The third-order valence-corrected chi connectivity index (χ3v) is 8.26. The lowest BCUT2D eigenvalue weighted by Gasteiger charge is -2.59. The Balaban J connectivity index is 1.46. The SMILES string of the molecule is COc1ccc2c3c1O[C@H]1CCCC4[C@@H](C2)N(CC2CCC2)CC[C@@]341. The van der Waals surface area contributed by atoms with Crippen LogP contribution in [0.4, 0.5) is 0 Å². The quantitative estimate of drug-likeness (QED) is 0.833. The third kappa shape index (κ3) is 1.81. The predicted molar refractivity (Wildman–Crippen MR) is 97.5 cm³/mol. The zero-order chi connectivity index (χ0) is 16.6. The molecule has 2 saturated carbocycles. The zero-order valence-corrected chi connectivity index (χ0v) is 15.3. The maximum absolute atomic E-state index is 6.61. The van der Waals surface area contributed by atoms with Crippen LogP contribution < -0.4 is 9.47 Å². The van der Waals surface area contributed by atoms with Gasteiger partial charge in [0.05, 0.1) is 7.11 Å². The molecule has 0 amide bonds. The Kier molecular flexibility index (Phi) is 3.07. The monoisotopic (exact) mass is 339 g/mol. The van der Waals surface area contributed by atoms with E-state index in [4.69, 9.17) is 9.47 Å². The van der Waals surface area contributed by atoms with Crippen LogP contribution in [0.5, 0.6) is 11.5 Å². The molecule has 3 fully saturated rings. The smallest absolute Gasteiger partial charge is 0.165 e. The number of ether oxygens (including phenoxy) is 2. The fourth-order valence-corrected chi connectivity index (χ4v) is 6.98. The van der Waals surface area contributed by atoms with E-state index in [0.717, 1.165) is 29.4 Å². The first-order valence-electron chi connectivity index (χ1n) is 10.4. The van der Waals surface area contributed by atoms with Crippen LogP contribution in [0.2, 0.25) is 0 Å². The topological polar surface area (TPSA) is 21.7 Å². The maximum atomic E-state index is 6.61. The molecule has 5 aliphatic rings. The van der Waals surface area contributed by atoms with Gasteiger partial charge in [-0.2, -0.15) is 0 Å². The van der Waals surface area contributed by atoms with Gasteiger partial charge in [-0.3, -0.25) is 4.90 Å². The summed E-state index contributed by atoms with van der Waals surface area (Å²) in [6.45, 7) is 2.62. The molecule has 1 spiro atoms. The van der Waals surface area contributed by atoms with E-state index in [9.17, 15) is 0 Å². The Hall–Kier alpha value is -1.22. The molecule has 4 atom stereocenters.